The van der Waals surface area contributed by atoms with Gasteiger partial charge in [0, 0.05) is 6.20 Å². The van der Waals surface area contributed by atoms with Gasteiger partial charge >= 0.3 is 0 Å². The summed E-state index contributed by atoms with van der Waals surface area (Å²) in [7, 11) is 0. The smallest absolute Gasteiger partial charge is 0.247 e. The van der Waals surface area contributed by atoms with Crippen molar-refractivity contribution in [2.24, 2.45) is 5.41 Å². The Balaban J connectivity index is 4.90. The molecule has 0 radical (unpaired) electrons. The van der Waals surface area contributed by atoms with Gasteiger partial charge in [0.05, 0.1) is 0 Å². The number of hydrogen-bond donors (Lipinski definition) is 1. The Bertz CT molecular complexity index is 357. The van der Waals surface area contributed by atoms with Crippen molar-refractivity contribution in [3.8, 4) is 0 Å². The number of amides is 1. The van der Waals surface area contributed by atoms with Crippen LogP contribution in [-0.4, -0.2) is 5.91 Å². The van der Waals surface area contributed by atoms with Crippen molar-refractivity contribution in [1.82, 2.24) is 5.32 Å². The average Bonchev–Trinajstić information content (AvgIpc) is 2.50. The first-order valence-corrected chi connectivity index (χ1v) is 8.30. The molecule has 0 heterocycles. The lowest BCUT2D eigenvalue weighted by molar-refractivity contribution is -0.115. The van der Waals surface area contributed by atoms with E-state index in [1.165, 1.54) is 44.6 Å². The van der Waals surface area contributed by atoms with Crippen molar-refractivity contribution < 1.29 is 4.79 Å². The zero-order valence-electron chi connectivity index (χ0n) is 14.2. The molecule has 1 atom stereocenters. The maximum atomic E-state index is 11.4. The van der Waals surface area contributed by atoms with E-state index in [1.807, 2.05) is 12.3 Å². The van der Waals surface area contributed by atoms with E-state index in [0.29, 0.717) is 0 Å². The van der Waals surface area contributed by atoms with Gasteiger partial charge in [0.2, 0.25) is 5.91 Å². The quantitative estimate of drug-likeness (QED) is 0.286. The average molecular weight is 291 g/mol. The van der Waals surface area contributed by atoms with Gasteiger partial charge in [0.25, 0.3) is 0 Å². The topological polar surface area (TPSA) is 29.1 Å². The third-order valence-corrected chi connectivity index (χ3v) is 4.14. The zero-order valence-corrected chi connectivity index (χ0v) is 14.2. The van der Waals surface area contributed by atoms with E-state index in [4.69, 9.17) is 0 Å². The molecule has 0 aromatic carbocycles. The van der Waals surface area contributed by atoms with Gasteiger partial charge in [-0.05, 0) is 29.9 Å². The van der Waals surface area contributed by atoms with Crippen LogP contribution in [-0.2, 0) is 4.79 Å². The fourth-order valence-electron chi connectivity index (χ4n) is 2.61. The number of nitrogens with one attached hydrogen (secondary N) is 1. The van der Waals surface area contributed by atoms with E-state index in [0.717, 1.165) is 18.4 Å². The molecule has 1 amide bonds. The molecule has 0 bridgehead atoms. The zero-order chi connectivity index (χ0) is 16.1. The minimum absolute atomic E-state index is 0.0972. The fourth-order valence-corrected chi connectivity index (χ4v) is 2.61. The van der Waals surface area contributed by atoms with Gasteiger partial charge in [0.1, 0.15) is 0 Å². The second kappa shape index (κ2) is 11.4. The van der Waals surface area contributed by atoms with Crippen LogP contribution in [0.2, 0.25) is 0 Å². The van der Waals surface area contributed by atoms with Crippen molar-refractivity contribution >= 4 is 5.91 Å². The number of hydrogen-bond acceptors (Lipinski definition) is 1. The number of carbonyl (C=O) groups is 1. The van der Waals surface area contributed by atoms with Crippen LogP contribution in [0.1, 0.15) is 72.1 Å². The number of carbonyl (C=O) groups excluding carboxylic acids is 1. The Morgan fingerprint density at radius 1 is 1.00 bits per heavy atom. The van der Waals surface area contributed by atoms with Crippen LogP contribution < -0.4 is 5.32 Å². The molecule has 0 aliphatic rings. The van der Waals surface area contributed by atoms with Crippen LogP contribution in [0.5, 0.6) is 0 Å². The Hall–Kier alpha value is -1.31. The molecule has 0 aliphatic carbocycles. The monoisotopic (exact) mass is 291 g/mol. The van der Waals surface area contributed by atoms with Gasteiger partial charge in [0.15, 0.2) is 0 Å². The number of unbranched alkanes of at least 4 members (excludes halogenated alkanes) is 4. The summed E-state index contributed by atoms with van der Waals surface area (Å²) in [6.45, 7) is 14.2. The molecule has 0 fully saturated rings. The van der Waals surface area contributed by atoms with Crippen molar-refractivity contribution in [3.63, 3.8) is 0 Å². The van der Waals surface area contributed by atoms with Gasteiger partial charge in [-0.25, -0.2) is 0 Å². The SMILES string of the molecule is C=CC(=O)N/C=C(\C=C)C(C)(CCCC)CCCCCC. The van der Waals surface area contributed by atoms with Crippen LogP contribution in [0.25, 0.3) is 0 Å². The Labute approximate surface area is 131 Å². The minimum Gasteiger partial charge on any atom is -0.329 e. The van der Waals surface area contributed by atoms with Crippen LogP contribution in [0.4, 0.5) is 0 Å². The number of allylic oxidation sites excluding steroid dienone is 2. The van der Waals surface area contributed by atoms with Crippen molar-refractivity contribution in [2.75, 3.05) is 0 Å². The molecule has 0 rings (SSSR count). The second-order valence-corrected chi connectivity index (χ2v) is 5.99. The molecule has 1 unspecified atom stereocenters. The molecular formula is C19H33NO. The van der Waals surface area contributed by atoms with Crippen molar-refractivity contribution in [3.05, 3.63) is 37.1 Å². The van der Waals surface area contributed by atoms with E-state index in [-0.39, 0.29) is 11.3 Å². The van der Waals surface area contributed by atoms with Crippen LogP contribution in [0.15, 0.2) is 37.1 Å². The summed E-state index contributed by atoms with van der Waals surface area (Å²) in [5.41, 5.74) is 1.22. The summed E-state index contributed by atoms with van der Waals surface area (Å²) >= 11 is 0. The third-order valence-electron chi connectivity index (χ3n) is 4.14. The lowest BCUT2D eigenvalue weighted by atomic mass is 9.74. The Morgan fingerprint density at radius 2 is 1.62 bits per heavy atom. The summed E-state index contributed by atoms with van der Waals surface area (Å²) in [6.07, 6.45) is 14.7. The molecule has 0 aromatic rings. The van der Waals surface area contributed by atoms with E-state index in [2.05, 4.69) is 39.2 Å². The molecular weight excluding hydrogens is 258 g/mol. The predicted molar refractivity (Wildman–Crippen MR) is 93.0 cm³/mol. The molecule has 0 spiro atoms. The van der Waals surface area contributed by atoms with Gasteiger partial charge in [-0.3, -0.25) is 4.79 Å². The first-order chi connectivity index (χ1) is 10.0. The van der Waals surface area contributed by atoms with Gasteiger partial charge < -0.3 is 5.32 Å². The maximum Gasteiger partial charge on any atom is 0.247 e. The van der Waals surface area contributed by atoms with E-state index < -0.39 is 0 Å². The summed E-state index contributed by atoms with van der Waals surface area (Å²) in [4.78, 5) is 11.4. The highest BCUT2D eigenvalue weighted by Crippen LogP contribution is 2.38. The molecule has 2 nitrogen and oxygen atoms in total. The Kier molecular flexibility index (Phi) is 10.7. The fraction of sp³-hybridized carbons (Fsp3) is 0.632. The van der Waals surface area contributed by atoms with Gasteiger partial charge in [-0.15, -0.1) is 0 Å². The van der Waals surface area contributed by atoms with Crippen LogP contribution in [0, 0.1) is 5.41 Å². The van der Waals surface area contributed by atoms with Crippen molar-refractivity contribution in [1.29, 1.82) is 0 Å². The normalized spacial score (nSPS) is 14.3. The first kappa shape index (κ1) is 19.7. The van der Waals surface area contributed by atoms with Crippen LogP contribution >= 0.6 is 0 Å². The summed E-state index contributed by atoms with van der Waals surface area (Å²) in [5.74, 6) is -0.168. The standard InChI is InChI=1S/C19H33NO/c1-6-10-12-13-15-19(5,14-11-7-2)17(8-3)16-20-18(21)9-4/h8-9,16H,3-4,6-7,10-15H2,1-2,5H3,(H,20,21)/b17-16+. The molecule has 120 valence electrons. The van der Waals surface area contributed by atoms with E-state index >= 15 is 0 Å². The molecule has 0 saturated heterocycles. The highest BCUT2D eigenvalue weighted by atomic mass is 16.1. The maximum absolute atomic E-state index is 11.4. The molecule has 2 heteroatoms. The lowest BCUT2D eigenvalue weighted by Crippen LogP contribution is -2.22. The summed E-state index contributed by atoms with van der Waals surface area (Å²) in [5, 5.41) is 2.78. The van der Waals surface area contributed by atoms with Crippen molar-refractivity contribution in [2.45, 2.75) is 72.1 Å². The largest absolute Gasteiger partial charge is 0.329 e. The lowest BCUT2D eigenvalue weighted by Gasteiger charge is -2.31. The number of rotatable bonds is 12. The molecule has 1 N–H and O–H groups in total. The second-order valence-electron chi connectivity index (χ2n) is 5.99. The van der Waals surface area contributed by atoms with Crippen LogP contribution in [0.3, 0.4) is 0 Å². The third kappa shape index (κ3) is 7.89. The van der Waals surface area contributed by atoms with Gasteiger partial charge in [-0.1, -0.05) is 78.5 Å². The van der Waals surface area contributed by atoms with Gasteiger partial charge in [-0.2, -0.15) is 0 Å². The highest BCUT2D eigenvalue weighted by Gasteiger charge is 2.26. The summed E-state index contributed by atoms with van der Waals surface area (Å²) in [6, 6.07) is 0. The molecule has 0 aliphatic heterocycles. The van der Waals surface area contributed by atoms with E-state index in [9.17, 15) is 4.79 Å². The molecule has 0 aromatic heterocycles. The predicted octanol–water partition coefficient (Wildman–Crippen LogP) is 5.53. The minimum atomic E-state index is -0.168. The Morgan fingerprint density at radius 3 is 2.14 bits per heavy atom. The summed E-state index contributed by atoms with van der Waals surface area (Å²) < 4.78 is 0. The van der Waals surface area contributed by atoms with E-state index in [1.54, 1.807) is 0 Å². The highest BCUT2D eigenvalue weighted by molar-refractivity contribution is 5.87. The molecule has 0 saturated carbocycles. The first-order valence-electron chi connectivity index (χ1n) is 8.30. The molecule has 21 heavy (non-hydrogen) atoms.